The highest BCUT2D eigenvalue weighted by molar-refractivity contribution is 6.06. The molecule has 4 rings (SSSR count). The Balaban J connectivity index is 1.64. The summed E-state index contributed by atoms with van der Waals surface area (Å²) in [5.74, 6) is 0.0899. The molecule has 27 heavy (non-hydrogen) atoms. The van der Waals surface area contributed by atoms with Crippen LogP contribution in [0, 0.1) is 19.8 Å². The number of carbonyl (C=O) groups is 1. The molecule has 0 aliphatic carbocycles. The summed E-state index contributed by atoms with van der Waals surface area (Å²) in [4.78, 5) is 16.1. The molecule has 1 amide bonds. The first-order valence-corrected chi connectivity index (χ1v) is 9.11. The van der Waals surface area contributed by atoms with Gasteiger partial charge in [0.15, 0.2) is 0 Å². The average Bonchev–Trinajstić information content (AvgIpc) is 2.63. The fraction of sp³-hybridized carbons (Fsp3) is 0.227. The minimum Gasteiger partial charge on any atom is -0.355 e. The molecule has 2 heterocycles. The molecule has 136 valence electrons. The zero-order valence-corrected chi connectivity index (χ0v) is 15.7. The smallest absolute Gasteiger partial charge is 0.240 e. The first-order valence-electron chi connectivity index (χ1n) is 9.11. The first-order chi connectivity index (χ1) is 13.0. The summed E-state index contributed by atoms with van der Waals surface area (Å²) in [7, 11) is 0. The first kappa shape index (κ1) is 17.2. The summed E-state index contributed by atoms with van der Waals surface area (Å²) in [6.45, 7) is 6.12. The van der Waals surface area contributed by atoms with E-state index in [9.17, 15) is 4.79 Å². The summed E-state index contributed by atoms with van der Waals surface area (Å²) in [6, 6.07) is 16.5. The van der Waals surface area contributed by atoms with Crippen LogP contribution < -0.4 is 10.7 Å². The third-order valence-corrected chi connectivity index (χ3v) is 4.81. The van der Waals surface area contributed by atoms with Crippen molar-refractivity contribution < 1.29 is 4.79 Å². The van der Waals surface area contributed by atoms with Gasteiger partial charge in [-0.25, -0.2) is 5.43 Å². The molecule has 0 radical (unpaired) electrons. The third kappa shape index (κ3) is 3.53. The van der Waals surface area contributed by atoms with Gasteiger partial charge in [0.2, 0.25) is 5.91 Å². The van der Waals surface area contributed by atoms with E-state index in [4.69, 9.17) is 0 Å². The summed E-state index contributed by atoms with van der Waals surface area (Å²) in [6.07, 6.45) is 0.473. The lowest BCUT2D eigenvalue weighted by molar-refractivity contribution is -0.121. The minimum absolute atomic E-state index is 0.0280. The molecular formula is C22H22N4O. The van der Waals surface area contributed by atoms with Gasteiger partial charge in [-0.3, -0.25) is 9.78 Å². The number of anilines is 2. The van der Waals surface area contributed by atoms with Crippen LogP contribution in [0.1, 0.15) is 30.2 Å². The number of aryl methyl sites for hydroxylation is 2. The number of carbonyl (C=O) groups excluding carboxylic acids is 1. The van der Waals surface area contributed by atoms with Crippen LogP contribution >= 0.6 is 0 Å². The highest BCUT2D eigenvalue weighted by Gasteiger charge is 2.21. The number of fused-ring (bicyclic) bond motifs is 1. The Morgan fingerprint density at radius 1 is 1.07 bits per heavy atom. The van der Waals surface area contributed by atoms with E-state index in [1.54, 1.807) is 0 Å². The van der Waals surface area contributed by atoms with Crippen LogP contribution in [-0.2, 0) is 4.79 Å². The summed E-state index contributed by atoms with van der Waals surface area (Å²) in [5.41, 5.74) is 9.74. The molecular weight excluding hydrogens is 336 g/mol. The Morgan fingerprint density at radius 2 is 1.85 bits per heavy atom. The molecule has 5 heteroatoms. The van der Waals surface area contributed by atoms with E-state index in [1.807, 2.05) is 38.1 Å². The van der Waals surface area contributed by atoms with Crippen LogP contribution in [0.4, 0.5) is 11.4 Å². The van der Waals surface area contributed by atoms with Crippen LogP contribution in [0.5, 0.6) is 0 Å². The molecule has 1 aliphatic rings. The Kier molecular flexibility index (Phi) is 4.36. The van der Waals surface area contributed by atoms with E-state index < -0.39 is 0 Å². The summed E-state index contributed by atoms with van der Waals surface area (Å²) in [5, 5.41) is 8.85. The Labute approximate surface area is 158 Å². The van der Waals surface area contributed by atoms with Gasteiger partial charge < -0.3 is 5.32 Å². The van der Waals surface area contributed by atoms with Crippen molar-refractivity contribution in [1.82, 2.24) is 10.4 Å². The lowest BCUT2D eigenvalue weighted by Crippen LogP contribution is -2.31. The second kappa shape index (κ2) is 6.83. The van der Waals surface area contributed by atoms with Crippen molar-refractivity contribution in [3.63, 3.8) is 0 Å². The Morgan fingerprint density at radius 3 is 2.59 bits per heavy atom. The molecule has 1 atom stereocenters. The number of pyridine rings is 1. The van der Waals surface area contributed by atoms with Gasteiger partial charge in [-0.2, -0.15) is 5.10 Å². The second-order valence-electron chi connectivity index (χ2n) is 7.17. The number of nitrogens with zero attached hydrogens (tertiary/aromatic N) is 2. The molecule has 0 saturated heterocycles. The zero-order chi connectivity index (χ0) is 19.0. The van der Waals surface area contributed by atoms with E-state index in [0.717, 1.165) is 39.2 Å². The number of nitrogens with one attached hydrogen (secondary N) is 2. The monoisotopic (exact) mass is 358 g/mol. The van der Waals surface area contributed by atoms with Gasteiger partial charge in [-0.1, -0.05) is 30.7 Å². The number of rotatable bonds is 3. The quantitative estimate of drug-likeness (QED) is 0.727. The number of benzene rings is 2. The lowest BCUT2D eigenvalue weighted by atomic mass is 9.94. The number of amides is 1. The molecule has 0 spiro atoms. The third-order valence-electron chi connectivity index (χ3n) is 4.81. The van der Waals surface area contributed by atoms with Crippen LogP contribution in [0.2, 0.25) is 0 Å². The molecule has 5 nitrogen and oxygen atoms in total. The molecule has 1 aromatic heterocycles. The van der Waals surface area contributed by atoms with Crippen molar-refractivity contribution in [2.24, 2.45) is 11.0 Å². The van der Waals surface area contributed by atoms with E-state index >= 15 is 0 Å². The van der Waals surface area contributed by atoms with Gasteiger partial charge in [0.1, 0.15) is 0 Å². The van der Waals surface area contributed by atoms with Crippen molar-refractivity contribution in [3.05, 3.63) is 65.4 Å². The topological polar surface area (TPSA) is 66.4 Å². The summed E-state index contributed by atoms with van der Waals surface area (Å²) < 4.78 is 0. The van der Waals surface area contributed by atoms with E-state index in [1.165, 1.54) is 5.56 Å². The second-order valence-corrected chi connectivity index (χ2v) is 7.17. The number of hydrogen-bond acceptors (Lipinski definition) is 4. The van der Waals surface area contributed by atoms with Gasteiger partial charge in [-0.15, -0.1) is 0 Å². The fourth-order valence-electron chi connectivity index (χ4n) is 3.46. The van der Waals surface area contributed by atoms with Gasteiger partial charge >= 0.3 is 0 Å². The molecule has 0 bridgehead atoms. The maximum absolute atomic E-state index is 11.4. The van der Waals surface area contributed by atoms with Crippen LogP contribution in [-0.4, -0.2) is 16.6 Å². The largest absolute Gasteiger partial charge is 0.355 e. The Bertz CT molecular complexity index is 1050. The van der Waals surface area contributed by atoms with Crippen molar-refractivity contribution in [2.75, 3.05) is 5.32 Å². The zero-order valence-electron chi connectivity index (χ0n) is 15.7. The number of hydrogen-bond donors (Lipinski definition) is 2. The maximum atomic E-state index is 11.4. The minimum atomic E-state index is -0.0280. The van der Waals surface area contributed by atoms with Crippen molar-refractivity contribution >= 4 is 33.9 Å². The van der Waals surface area contributed by atoms with Gasteiger partial charge in [-0.05, 0) is 49.7 Å². The SMILES string of the molecule is Cc1ccc2nc(C)cc(Nc3ccc(C4=NNC(=O)CC4C)cc3)c2c1. The molecule has 0 saturated carbocycles. The lowest BCUT2D eigenvalue weighted by Gasteiger charge is -2.19. The maximum Gasteiger partial charge on any atom is 0.240 e. The predicted molar refractivity (Wildman–Crippen MR) is 109 cm³/mol. The highest BCUT2D eigenvalue weighted by atomic mass is 16.2. The Hall–Kier alpha value is -3.21. The predicted octanol–water partition coefficient (Wildman–Crippen LogP) is 4.46. The van der Waals surface area contributed by atoms with E-state index in [2.05, 4.69) is 52.0 Å². The standard InChI is InChI=1S/C22H22N4O/c1-13-4-9-19-18(10-13)20(12-15(3)23-19)24-17-7-5-16(6-8-17)22-14(2)11-21(27)25-26-22/h4-10,12,14H,11H2,1-3H3,(H,23,24)(H,25,27). The van der Waals surface area contributed by atoms with Crippen LogP contribution in [0.3, 0.4) is 0 Å². The molecule has 0 fully saturated rings. The summed E-state index contributed by atoms with van der Waals surface area (Å²) >= 11 is 0. The van der Waals surface area contributed by atoms with Gasteiger partial charge in [0.25, 0.3) is 0 Å². The van der Waals surface area contributed by atoms with Crippen LogP contribution in [0.15, 0.2) is 53.6 Å². The van der Waals surface area contributed by atoms with Gasteiger partial charge in [0, 0.05) is 34.8 Å². The molecule has 1 unspecified atom stereocenters. The van der Waals surface area contributed by atoms with E-state index in [0.29, 0.717) is 6.42 Å². The average molecular weight is 358 g/mol. The van der Waals surface area contributed by atoms with Crippen molar-refractivity contribution in [2.45, 2.75) is 27.2 Å². The molecule has 2 aromatic carbocycles. The van der Waals surface area contributed by atoms with Crippen LogP contribution in [0.25, 0.3) is 10.9 Å². The fourth-order valence-corrected chi connectivity index (χ4v) is 3.46. The van der Waals surface area contributed by atoms with Crippen molar-refractivity contribution in [1.29, 1.82) is 0 Å². The van der Waals surface area contributed by atoms with Crippen molar-refractivity contribution in [3.8, 4) is 0 Å². The molecule has 2 N–H and O–H groups in total. The van der Waals surface area contributed by atoms with E-state index in [-0.39, 0.29) is 11.8 Å². The number of hydrazone groups is 1. The highest BCUT2D eigenvalue weighted by Crippen LogP contribution is 2.28. The molecule has 1 aliphatic heterocycles. The number of aromatic nitrogens is 1. The molecule has 3 aromatic rings. The van der Waals surface area contributed by atoms with Gasteiger partial charge in [0.05, 0.1) is 11.2 Å². The normalized spacial score (nSPS) is 16.8.